The van der Waals surface area contributed by atoms with Gasteiger partial charge in [-0.15, -0.1) is 5.10 Å². The van der Waals surface area contributed by atoms with Gasteiger partial charge in [-0.1, -0.05) is 35.9 Å². The van der Waals surface area contributed by atoms with Crippen molar-refractivity contribution >= 4 is 44.2 Å². The van der Waals surface area contributed by atoms with Crippen LogP contribution < -0.4 is 20.4 Å². The second kappa shape index (κ2) is 9.35. The van der Waals surface area contributed by atoms with E-state index in [2.05, 4.69) is 15.2 Å². The molecule has 0 aliphatic heterocycles. The fraction of sp³-hybridized carbons (Fsp3) is 0.0435. The third kappa shape index (κ3) is 5.16. The molecule has 4 aromatic rings. The Morgan fingerprint density at radius 1 is 1.00 bits per heavy atom. The van der Waals surface area contributed by atoms with Gasteiger partial charge < -0.3 is 14.5 Å². The number of amides is 1. The average Bonchev–Trinajstić information content (AvgIpc) is 2.82. The number of anilines is 1. The predicted octanol–water partition coefficient (Wildman–Crippen LogP) is 4.14. The number of nitrogens with zero attached hydrogens (tertiary/aromatic N) is 1. The summed E-state index contributed by atoms with van der Waals surface area (Å²) in [7, 11) is -2.50. The smallest absolute Gasteiger partial charge is 0.276 e. The summed E-state index contributed by atoms with van der Waals surface area (Å²) in [5, 5.41) is 7.68. The van der Waals surface area contributed by atoms with Gasteiger partial charge in [0.15, 0.2) is 0 Å². The lowest BCUT2D eigenvalue weighted by Crippen LogP contribution is -2.27. The molecule has 3 aromatic carbocycles. The standard InChI is InChI=1S/C23H18ClN3O5S/c1-31-18-7-4-6-17(14-18)25-22(28)20-13-15-5-2-3-8-21(15)32-23(20)26-27-33(29,30)19-11-9-16(24)10-12-19/h2-14,27H,1H3,(H,25,28)/b26-23+. The minimum Gasteiger partial charge on any atom is -0.497 e. The first-order valence-electron chi connectivity index (χ1n) is 9.65. The highest BCUT2D eigenvalue weighted by molar-refractivity contribution is 7.89. The van der Waals surface area contributed by atoms with Gasteiger partial charge >= 0.3 is 0 Å². The molecular weight excluding hydrogens is 466 g/mol. The first kappa shape index (κ1) is 22.4. The van der Waals surface area contributed by atoms with E-state index in [-0.39, 0.29) is 16.0 Å². The van der Waals surface area contributed by atoms with E-state index in [1.807, 2.05) is 0 Å². The van der Waals surface area contributed by atoms with Crippen molar-refractivity contribution in [3.05, 3.63) is 95.0 Å². The fourth-order valence-corrected chi connectivity index (χ4v) is 3.91. The van der Waals surface area contributed by atoms with Crippen LogP contribution in [0.2, 0.25) is 5.02 Å². The number of fused-ring (bicyclic) bond motifs is 1. The Hall–Kier alpha value is -3.82. The lowest BCUT2D eigenvalue weighted by molar-refractivity contribution is 0.102. The monoisotopic (exact) mass is 483 g/mol. The van der Waals surface area contributed by atoms with Crippen molar-refractivity contribution in [2.75, 3.05) is 12.4 Å². The second-order valence-corrected chi connectivity index (χ2v) is 8.95. The molecule has 0 spiro atoms. The number of ether oxygens (including phenoxy) is 1. The van der Waals surface area contributed by atoms with E-state index >= 15 is 0 Å². The maximum Gasteiger partial charge on any atom is 0.276 e. The quantitative estimate of drug-likeness (QED) is 0.400. The molecule has 8 nitrogen and oxygen atoms in total. The molecule has 4 rings (SSSR count). The van der Waals surface area contributed by atoms with Gasteiger partial charge in [0.25, 0.3) is 15.9 Å². The minimum atomic E-state index is -4.02. The van der Waals surface area contributed by atoms with Crippen LogP contribution in [0.25, 0.3) is 11.0 Å². The Labute approximate surface area is 194 Å². The van der Waals surface area contributed by atoms with Gasteiger partial charge in [-0.25, -0.2) is 0 Å². The van der Waals surface area contributed by atoms with Crippen molar-refractivity contribution in [1.29, 1.82) is 0 Å². The summed E-state index contributed by atoms with van der Waals surface area (Å²) in [6, 6.07) is 21.0. The summed E-state index contributed by atoms with van der Waals surface area (Å²) in [5.41, 5.74) is 0.752. The van der Waals surface area contributed by atoms with E-state index in [0.717, 1.165) is 0 Å². The number of hydrogen-bond donors (Lipinski definition) is 2. The molecule has 1 amide bonds. The van der Waals surface area contributed by atoms with Gasteiger partial charge in [-0.05, 0) is 48.5 Å². The molecule has 2 N–H and O–H groups in total. The zero-order valence-electron chi connectivity index (χ0n) is 17.3. The normalized spacial score (nSPS) is 11.9. The van der Waals surface area contributed by atoms with Crippen LogP contribution >= 0.6 is 11.6 Å². The number of methoxy groups -OCH3 is 1. The molecule has 168 valence electrons. The van der Waals surface area contributed by atoms with Crippen molar-refractivity contribution in [1.82, 2.24) is 4.83 Å². The number of benzene rings is 3. The zero-order chi connectivity index (χ0) is 23.4. The third-order valence-electron chi connectivity index (χ3n) is 4.62. The van der Waals surface area contributed by atoms with Crippen molar-refractivity contribution in [2.45, 2.75) is 4.90 Å². The molecule has 33 heavy (non-hydrogen) atoms. The van der Waals surface area contributed by atoms with Crippen molar-refractivity contribution in [3.63, 3.8) is 0 Å². The lowest BCUT2D eigenvalue weighted by atomic mass is 10.1. The largest absolute Gasteiger partial charge is 0.497 e. The van der Waals surface area contributed by atoms with Gasteiger partial charge in [0.05, 0.1) is 12.0 Å². The van der Waals surface area contributed by atoms with Gasteiger partial charge in [0, 0.05) is 22.2 Å². The number of sulfonamides is 1. The van der Waals surface area contributed by atoms with E-state index in [1.54, 1.807) is 54.6 Å². The molecule has 1 heterocycles. The molecule has 0 aliphatic rings. The summed E-state index contributed by atoms with van der Waals surface area (Å²) in [5.74, 6) is 0.0267. The molecule has 0 saturated heterocycles. The van der Waals surface area contributed by atoms with Crippen molar-refractivity contribution < 1.29 is 22.4 Å². The van der Waals surface area contributed by atoms with Crippen LogP contribution in [0, 0.1) is 0 Å². The number of hydrogen-bond acceptors (Lipinski definition) is 6. The zero-order valence-corrected chi connectivity index (χ0v) is 18.9. The molecule has 0 fully saturated rings. The molecule has 0 radical (unpaired) electrons. The van der Waals surface area contributed by atoms with Crippen LogP contribution in [0.1, 0.15) is 10.4 Å². The van der Waals surface area contributed by atoms with Crippen LogP contribution in [0.5, 0.6) is 5.75 Å². The summed E-state index contributed by atoms with van der Waals surface area (Å²) in [6.45, 7) is 0. The molecule has 10 heteroatoms. The summed E-state index contributed by atoms with van der Waals surface area (Å²) >= 11 is 5.83. The highest BCUT2D eigenvalue weighted by atomic mass is 35.5. The first-order valence-corrected chi connectivity index (χ1v) is 11.5. The number of rotatable bonds is 6. The molecule has 0 bridgehead atoms. The van der Waals surface area contributed by atoms with Crippen molar-refractivity contribution in [3.8, 4) is 5.75 Å². The molecule has 1 aromatic heterocycles. The highest BCUT2D eigenvalue weighted by Gasteiger charge is 2.16. The number of nitrogens with one attached hydrogen (secondary N) is 2. The maximum absolute atomic E-state index is 13.0. The van der Waals surface area contributed by atoms with Crippen LogP contribution in [-0.2, 0) is 10.0 Å². The Kier molecular flexibility index (Phi) is 6.34. The molecular formula is C23H18ClN3O5S. The van der Waals surface area contributed by atoms with Gasteiger partial charge in [-0.2, -0.15) is 13.2 Å². The van der Waals surface area contributed by atoms with Gasteiger partial charge in [0.2, 0.25) is 5.55 Å². The summed E-state index contributed by atoms with van der Waals surface area (Å²) in [6.07, 6.45) is 0. The number of carbonyl (C=O) groups is 1. The van der Waals surface area contributed by atoms with E-state index in [1.165, 1.54) is 31.4 Å². The highest BCUT2D eigenvalue weighted by Crippen LogP contribution is 2.19. The van der Waals surface area contributed by atoms with Gasteiger partial charge in [-0.3, -0.25) is 4.79 Å². The predicted molar refractivity (Wildman–Crippen MR) is 124 cm³/mol. The Morgan fingerprint density at radius 3 is 2.52 bits per heavy atom. The van der Waals surface area contributed by atoms with E-state index in [0.29, 0.717) is 27.4 Å². The van der Waals surface area contributed by atoms with Crippen LogP contribution in [0.4, 0.5) is 5.69 Å². The third-order valence-corrected chi connectivity index (χ3v) is 6.10. The number of carbonyl (C=O) groups excluding carboxylic acids is 1. The SMILES string of the molecule is COc1cccc(NC(=O)c2cc3ccccc3o/c2=N/NS(=O)(=O)c2ccc(Cl)cc2)c1. The first-order chi connectivity index (χ1) is 15.9. The Bertz CT molecular complexity index is 1500. The maximum atomic E-state index is 13.0. The fourth-order valence-electron chi connectivity index (χ4n) is 2.98. The Balaban J connectivity index is 1.74. The van der Waals surface area contributed by atoms with Crippen LogP contribution in [0.3, 0.4) is 0 Å². The summed E-state index contributed by atoms with van der Waals surface area (Å²) < 4.78 is 36.2. The molecule has 0 saturated carbocycles. The van der Waals surface area contributed by atoms with E-state index in [4.69, 9.17) is 20.8 Å². The van der Waals surface area contributed by atoms with E-state index in [9.17, 15) is 13.2 Å². The number of halogens is 1. The molecule has 0 unspecified atom stereocenters. The molecule has 0 atom stereocenters. The molecule has 0 aliphatic carbocycles. The average molecular weight is 484 g/mol. The second-order valence-electron chi connectivity index (χ2n) is 6.85. The lowest BCUT2D eigenvalue weighted by Gasteiger charge is -2.08. The number of para-hydroxylation sites is 1. The minimum absolute atomic E-state index is 0.0373. The van der Waals surface area contributed by atoms with E-state index < -0.39 is 15.9 Å². The Morgan fingerprint density at radius 2 is 1.76 bits per heavy atom. The van der Waals surface area contributed by atoms with Gasteiger partial charge in [0.1, 0.15) is 16.9 Å². The van der Waals surface area contributed by atoms with Crippen LogP contribution in [-0.4, -0.2) is 21.4 Å². The van der Waals surface area contributed by atoms with Crippen LogP contribution in [0.15, 0.2) is 93.3 Å². The van der Waals surface area contributed by atoms with Crippen molar-refractivity contribution in [2.24, 2.45) is 5.10 Å². The topological polar surface area (TPSA) is 110 Å². The summed E-state index contributed by atoms with van der Waals surface area (Å²) in [4.78, 5) is 15.1.